The van der Waals surface area contributed by atoms with Crippen LogP contribution in [0.2, 0.25) is 0 Å². The average Bonchev–Trinajstić information content (AvgIpc) is 3.53. The molecule has 0 aromatic carbocycles. The molecule has 0 saturated carbocycles. The number of allylic oxidation sites excluding steroid dienone is 4. The van der Waals surface area contributed by atoms with E-state index in [1.807, 2.05) is 0 Å². The predicted molar refractivity (Wildman–Crippen MR) is 384 cm³/mol. The molecule has 3 N–H and O–H groups in total. The summed E-state index contributed by atoms with van der Waals surface area (Å²) in [6, 6.07) is -0.541. The molecule has 0 spiro atoms. The van der Waals surface area contributed by atoms with E-state index < -0.39 is 12.1 Å². The average molecular weight is 1230 g/mol. The molecule has 2 atom stereocenters. The highest BCUT2D eigenvalue weighted by atomic mass is 16.5. The van der Waals surface area contributed by atoms with Gasteiger partial charge in [-0.1, -0.05) is 391 Å². The van der Waals surface area contributed by atoms with Gasteiger partial charge in [0.1, 0.15) is 0 Å². The molecular formula is C81H157NO5. The number of amides is 1. The lowest BCUT2D eigenvalue weighted by Crippen LogP contribution is -2.45. The Balaban J connectivity index is 3.35. The van der Waals surface area contributed by atoms with E-state index in [-0.39, 0.29) is 18.5 Å². The van der Waals surface area contributed by atoms with Gasteiger partial charge in [-0.2, -0.15) is 0 Å². The van der Waals surface area contributed by atoms with E-state index in [4.69, 9.17) is 4.74 Å². The zero-order valence-corrected chi connectivity index (χ0v) is 59.3. The number of aliphatic hydroxyl groups is 2. The van der Waals surface area contributed by atoms with Gasteiger partial charge in [-0.15, -0.1) is 0 Å². The van der Waals surface area contributed by atoms with E-state index in [0.717, 1.165) is 44.9 Å². The molecule has 0 fully saturated rings. The minimum Gasteiger partial charge on any atom is -0.466 e. The maximum Gasteiger partial charge on any atom is 0.305 e. The summed E-state index contributed by atoms with van der Waals surface area (Å²) in [6.45, 7) is 5.00. The highest BCUT2D eigenvalue weighted by molar-refractivity contribution is 5.76. The summed E-state index contributed by atoms with van der Waals surface area (Å²) < 4.78 is 5.50. The minimum absolute atomic E-state index is 0.0119. The molecular weight excluding hydrogens is 1070 g/mol. The Morgan fingerprint density at radius 1 is 0.310 bits per heavy atom. The zero-order valence-electron chi connectivity index (χ0n) is 59.3. The smallest absolute Gasteiger partial charge is 0.305 e. The summed E-state index contributed by atoms with van der Waals surface area (Å²) in [7, 11) is 0. The Morgan fingerprint density at radius 3 is 0.816 bits per heavy atom. The Morgan fingerprint density at radius 2 is 0.540 bits per heavy atom. The van der Waals surface area contributed by atoms with E-state index in [0.29, 0.717) is 25.9 Å². The topological polar surface area (TPSA) is 95.9 Å². The van der Waals surface area contributed by atoms with E-state index in [1.54, 1.807) is 0 Å². The Labute approximate surface area is 545 Å². The van der Waals surface area contributed by atoms with Crippen LogP contribution < -0.4 is 5.32 Å². The molecule has 0 aromatic rings. The van der Waals surface area contributed by atoms with Crippen molar-refractivity contribution in [3.63, 3.8) is 0 Å². The maximum atomic E-state index is 12.6. The number of hydrogen-bond acceptors (Lipinski definition) is 5. The molecule has 0 radical (unpaired) electrons. The molecule has 6 nitrogen and oxygen atoms in total. The molecule has 0 aromatic heterocycles. The maximum absolute atomic E-state index is 12.6. The van der Waals surface area contributed by atoms with Crippen LogP contribution >= 0.6 is 0 Å². The normalized spacial score (nSPS) is 12.6. The van der Waals surface area contributed by atoms with Gasteiger partial charge in [0.2, 0.25) is 5.91 Å². The van der Waals surface area contributed by atoms with Crippen molar-refractivity contribution in [3.8, 4) is 0 Å². The van der Waals surface area contributed by atoms with Crippen molar-refractivity contribution in [3.05, 3.63) is 24.3 Å². The number of carbonyl (C=O) groups excluding carboxylic acids is 2. The monoisotopic (exact) mass is 1220 g/mol. The third kappa shape index (κ3) is 73.3. The predicted octanol–water partition coefficient (Wildman–Crippen LogP) is 26.4. The molecule has 0 aliphatic carbocycles. The molecule has 1 amide bonds. The molecule has 0 bridgehead atoms. The van der Waals surface area contributed by atoms with E-state index in [2.05, 4.69) is 43.5 Å². The SMILES string of the molecule is CCCCCCCCC/C=C\CCCCCCCC(=O)OCCCCCCCCCCCCCC/C=C\CCCCCCCCCCCCCCCCCCC(=O)NC(CO)C(O)CCCCCCCCCCCCCCCCCCCCCCCC. The van der Waals surface area contributed by atoms with E-state index >= 15 is 0 Å². The van der Waals surface area contributed by atoms with Gasteiger partial charge in [0.25, 0.3) is 0 Å². The molecule has 0 aliphatic heterocycles. The number of esters is 1. The summed E-state index contributed by atoms with van der Waals surface area (Å²) >= 11 is 0. The van der Waals surface area contributed by atoms with Crippen LogP contribution in [-0.4, -0.2) is 47.4 Å². The van der Waals surface area contributed by atoms with Gasteiger partial charge >= 0.3 is 5.97 Å². The molecule has 2 unspecified atom stereocenters. The van der Waals surface area contributed by atoms with Gasteiger partial charge in [-0.3, -0.25) is 9.59 Å². The molecule has 0 heterocycles. The van der Waals surface area contributed by atoms with E-state index in [9.17, 15) is 19.8 Å². The molecule has 516 valence electrons. The number of rotatable bonds is 76. The van der Waals surface area contributed by atoms with Crippen LogP contribution in [0.25, 0.3) is 0 Å². The van der Waals surface area contributed by atoms with Crippen LogP contribution in [-0.2, 0) is 14.3 Å². The van der Waals surface area contributed by atoms with Crippen molar-refractivity contribution >= 4 is 11.9 Å². The quantitative estimate of drug-likeness (QED) is 0.0320. The summed E-state index contributed by atoms with van der Waals surface area (Å²) in [6.07, 6.45) is 98.4. The molecule has 0 rings (SSSR count). The van der Waals surface area contributed by atoms with Crippen LogP contribution in [0.15, 0.2) is 24.3 Å². The summed E-state index contributed by atoms with van der Waals surface area (Å²) in [5.74, 6) is -0.0150. The van der Waals surface area contributed by atoms with Crippen molar-refractivity contribution in [2.24, 2.45) is 0 Å². The van der Waals surface area contributed by atoms with Crippen molar-refractivity contribution in [2.75, 3.05) is 13.2 Å². The minimum atomic E-state index is -0.664. The second-order valence-corrected chi connectivity index (χ2v) is 27.7. The Bertz CT molecular complexity index is 1360. The third-order valence-corrected chi connectivity index (χ3v) is 19.0. The third-order valence-electron chi connectivity index (χ3n) is 19.0. The van der Waals surface area contributed by atoms with Gasteiger partial charge in [0.15, 0.2) is 0 Å². The molecule has 6 heteroatoms. The van der Waals surface area contributed by atoms with Crippen LogP contribution in [0, 0.1) is 0 Å². The van der Waals surface area contributed by atoms with Crippen LogP contribution in [0.1, 0.15) is 457 Å². The first-order valence-electron chi connectivity index (χ1n) is 40.1. The first-order valence-corrected chi connectivity index (χ1v) is 40.1. The fourth-order valence-electron chi connectivity index (χ4n) is 12.9. The standard InChI is InChI=1S/C81H157NO5/c1-3-5-7-9-11-13-15-17-19-21-22-23-36-39-42-45-49-53-57-61-65-69-73-79(84)78(77-83)82-80(85)74-70-66-62-58-54-50-46-43-40-37-34-32-30-28-26-24-25-27-29-31-33-35-38-41-44-48-52-56-60-64-68-72-76-87-81(86)75-71-67-63-59-55-51-47-20-18-16-14-12-10-8-6-4-2/h20,27,29,47,78-79,83-84H,3-19,21-26,28,30-46,48-77H2,1-2H3,(H,82,85)/b29-27-,47-20-. The van der Waals surface area contributed by atoms with Crippen LogP contribution in [0.3, 0.4) is 0 Å². The van der Waals surface area contributed by atoms with Gasteiger partial charge < -0.3 is 20.3 Å². The van der Waals surface area contributed by atoms with Crippen molar-refractivity contribution in [1.82, 2.24) is 5.32 Å². The summed E-state index contributed by atoms with van der Waals surface area (Å²) in [4.78, 5) is 24.7. The lowest BCUT2D eigenvalue weighted by Gasteiger charge is -2.22. The number of hydrogen-bond donors (Lipinski definition) is 3. The van der Waals surface area contributed by atoms with Gasteiger partial charge in [-0.25, -0.2) is 0 Å². The molecule has 87 heavy (non-hydrogen) atoms. The number of aliphatic hydroxyl groups excluding tert-OH is 2. The second-order valence-electron chi connectivity index (χ2n) is 27.7. The molecule has 0 saturated heterocycles. The summed E-state index contributed by atoms with van der Waals surface area (Å²) in [5, 5.41) is 23.5. The van der Waals surface area contributed by atoms with Crippen molar-refractivity contribution in [2.45, 2.75) is 469 Å². The zero-order chi connectivity index (χ0) is 62.8. The lowest BCUT2D eigenvalue weighted by atomic mass is 10.0. The number of carbonyl (C=O) groups is 2. The second kappa shape index (κ2) is 76.8. The highest BCUT2D eigenvalue weighted by Crippen LogP contribution is 2.20. The Kier molecular flexibility index (Phi) is 75.3. The van der Waals surface area contributed by atoms with Gasteiger partial charge in [0.05, 0.1) is 25.4 Å². The first kappa shape index (κ1) is 85.3. The summed E-state index contributed by atoms with van der Waals surface area (Å²) in [5.41, 5.74) is 0. The van der Waals surface area contributed by atoms with Crippen LogP contribution in [0.5, 0.6) is 0 Å². The fraction of sp³-hybridized carbons (Fsp3) is 0.926. The van der Waals surface area contributed by atoms with E-state index in [1.165, 1.54) is 379 Å². The van der Waals surface area contributed by atoms with Gasteiger partial charge in [0, 0.05) is 12.8 Å². The fourth-order valence-corrected chi connectivity index (χ4v) is 12.9. The Hall–Kier alpha value is -1.66. The number of ether oxygens (including phenoxy) is 1. The lowest BCUT2D eigenvalue weighted by molar-refractivity contribution is -0.143. The first-order chi connectivity index (χ1) is 43.0. The molecule has 0 aliphatic rings. The number of unbranched alkanes of at least 4 members (excludes halogenated alkanes) is 61. The van der Waals surface area contributed by atoms with Crippen LogP contribution in [0.4, 0.5) is 0 Å². The van der Waals surface area contributed by atoms with Crippen molar-refractivity contribution in [1.29, 1.82) is 0 Å². The highest BCUT2D eigenvalue weighted by Gasteiger charge is 2.20. The van der Waals surface area contributed by atoms with Crippen molar-refractivity contribution < 1.29 is 24.5 Å². The largest absolute Gasteiger partial charge is 0.466 e. The number of nitrogens with one attached hydrogen (secondary N) is 1. The van der Waals surface area contributed by atoms with Gasteiger partial charge in [-0.05, 0) is 77.0 Å².